The quantitative estimate of drug-likeness (QED) is 0.512. The van der Waals surface area contributed by atoms with Gasteiger partial charge in [0.05, 0.1) is 37.0 Å². The second kappa shape index (κ2) is 9.82. The third-order valence-electron chi connectivity index (χ3n) is 6.81. The molecule has 12 nitrogen and oxygen atoms in total. The molecule has 0 radical (unpaired) electrons. The van der Waals surface area contributed by atoms with Gasteiger partial charge in [0.2, 0.25) is 21.9 Å². The second-order valence-electron chi connectivity index (χ2n) is 9.02. The molecule has 0 atom stereocenters. The highest BCUT2D eigenvalue weighted by Gasteiger charge is 2.30. The molecule has 3 aliphatic heterocycles. The topological polar surface area (TPSA) is 140 Å². The number of nitrogen functional groups attached to an aromatic ring is 1. The molecule has 2 aromatic heterocycles. The van der Waals surface area contributed by atoms with Crippen molar-refractivity contribution in [3.8, 4) is 11.3 Å². The summed E-state index contributed by atoms with van der Waals surface area (Å²) in [7, 11) is -3.56. The van der Waals surface area contributed by atoms with Gasteiger partial charge in [-0.15, -0.1) is 0 Å². The summed E-state index contributed by atoms with van der Waals surface area (Å²) in [5, 5.41) is 0. The number of morpholine rings is 2. The predicted molar refractivity (Wildman–Crippen MR) is 137 cm³/mol. The van der Waals surface area contributed by atoms with Crippen LogP contribution in [0.5, 0.6) is 0 Å². The van der Waals surface area contributed by atoms with Crippen LogP contribution in [0.15, 0.2) is 41.6 Å². The van der Waals surface area contributed by atoms with E-state index in [-0.39, 0.29) is 10.8 Å². The highest BCUT2D eigenvalue weighted by atomic mass is 32.2. The smallest absolute Gasteiger partial charge is 0.243 e. The Balaban J connectivity index is 1.36. The zero-order chi connectivity index (χ0) is 25.4. The average Bonchev–Trinajstić information content (AvgIpc) is 3.38. The van der Waals surface area contributed by atoms with Crippen molar-refractivity contribution in [2.75, 3.05) is 74.7 Å². The van der Waals surface area contributed by atoms with Gasteiger partial charge in [0, 0.05) is 61.9 Å². The zero-order valence-electron chi connectivity index (χ0n) is 20.3. The van der Waals surface area contributed by atoms with Crippen LogP contribution in [-0.4, -0.2) is 91.8 Å². The summed E-state index contributed by atoms with van der Waals surface area (Å²) in [6.45, 7) is 4.87. The van der Waals surface area contributed by atoms with Crippen molar-refractivity contribution in [1.82, 2.24) is 24.2 Å². The van der Waals surface area contributed by atoms with Crippen LogP contribution in [0.2, 0.25) is 0 Å². The molecule has 6 rings (SSSR count). The van der Waals surface area contributed by atoms with Crippen molar-refractivity contribution in [1.29, 1.82) is 0 Å². The number of nitrogens with two attached hydrogens (primary N) is 1. The van der Waals surface area contributed by atoms with E-state index in [9.17, 15) is 8.42 Å². The molecule has 0 spiro atoms. The van der Waals surface area contributed by atoms with Gasteiger partial charge >= 0.3 is 0 Å². The molecule has 3 aromatic rings. The number of hydrogen-bond acceptors (Lipinski definition) is 11. The molecule has 2 saturated heterocycles. The third kappa shape index (κ3) is 4.59. The van der Waals surface area contributed by atoms with E-state index in [0.717, 1.165) is 34.7 Å². The first-order chi connectivity index (χ1) is 18.0. The first kappa shape index (κ1) is 24.0. The van der Waals surface area contributed by atoms with E-state index < -0.39 is 10.0 Å². The molecule has 2 N–H and O–H groups in total. The number of fused-ring (bicyclic) bond motifs is 1. The zero-order valence-corrected chi connectivity index (χ0v) is 21.1. The van der Waals surface area contributed by atoms with Crippen LogP contribution in [0.1, 0.15) is 5.56 Å². The van der Waals surface area contributed by atoms with Gasteiger partial charge in [0.25, 0.3) is 0 Å². The molecule has 0 amide bonds. The van der Waals surface area contributed by atoms with E-state index in [2.05, 4.69) is 19.8 Å². The normalized spacial score (nSPS) is 18.7. The van der Waals surface area contributed by atoms with Gasteiger partial charge in [-0.2, -0.15) is 9.29 Å². The Hall–Kier alpha value is -3.39. The van der Waals surface area contributed by atoms with Crippen LogP contribution < -0.4 is 15.5 Å². The van der Waals surface area contributed by atoms with E-state index in [0.29, 0.717) is 65.1 Å². The molecule has 5 heterocycles. The highest BCUT2D eigenvalue weighted by Crippen LogP contribution is 2.39. The molecule has 0 aliphatic carbocycles. The second-order valence-corrected chi connectivity index (χ2v) is 11.0. The van der Waals surface area contributed by atoms with Crippen LogP contribution >= 0.6 is 0 Å². The van der Waals surface area contributed by atoms with Crippen molar-refractivity contribution < 1.29 is 17.9 Å². The molecule has 0 unspecified atom stereocenters. The standard InChI is InChI=1S/C24H28N8O4S/c25-23-26-15-17(16-27-23)21-20-5-6-32(22(20)29-24(28-21)30-7-11-35-12-8-30)18-1-3-19(4-2-18)37(33,34)31-9-13-36-14-10-31/h1-4,15-16H,5-14H2,(H2,25,26,27). The summed E-state index contributed by atoms with van der Waals surface area (Å²) in [5.41, 5.74) is 9.13. The van der Waals surface area contributed by atoms with Gasteiger partial charge < -0.3 is 25.0 Å². The Labute approximate surface area is 215 Å². The van der Waals surface area contributed by atoms with Gasteiger partial charge in [0.15, 0.2) is 0 Å². The summed E-state index contributed by atoms with van der Waals surface area (Å²) in [6, 6.07) is 7.00. The van der Waals surface area contributed by atoms with Crippen LogP contribution in [-0.2, 0) is 25.9 Å². The number of rotatable bonds is 5. The van der Waals surface area contributed by atoms with Crippen molar-refractivity contribution in [3.63, 3.8) is 0 Å². The van der Waals surface area contributed by atoms with E-state index in [1.165, 1.54) is 4.31 Å². The number of ether oxygens (including phenoxy) is 2. The maximum Gasteiger partial charge on any atom is 0.243 e. The Morgan fingerprint density at radius 1 is 0.838 bits per heavy atom. The number of nitrogens with zero attached hydrogens (tertiary/aromatic N) is 7. The molecule has 1 aromatic carbocycles. The van der Waals surface area contributed by atoms with Crippen LogP contribution in [0.4, 0.5) is 23.4 Å². The lowest BCUT2D eigenvalue weighted by atomic mass is 10.1. The Morgan fingerprint density at radius 3 is 2.16 bits per heavy atom. The van der Waals surface area contributed by atoms with E-state index in [4.69, 9.17) is 25.2 Å². The van der Waals surface area contributed by atoms with Crippen LogP contribution in [0.3, 0.4) is 0 Å². The third-order valence-corrected chi connectivity index (χ3v) is 8.72. The van der Waals surface area contributed by atoms with Crippen molar-refractivity contribution in [3.05, 3.63) is 42.2 Å². The highest BCUT2D eigenvalue weighted by molar-refractivity contribution is 7.89. The fourth-order valence-electron chi connectivity index (χ4n) is 4.83. The lowest BCUT2D eigenvalue weighted by Gasteiger charge is -2.28. The maximum absolute atomic E-state index is 13.1. The van der Waals surface area contributed by atoms with E-state index in [1.54, 1.807) is 24.5 Å². The minimum atomic E-state index is -3.56. The average molecular weight is 525 g/mol. The summed E-state index contributed by atoms with van der Waals surface area (Å²) in [6.07, 6.45) is 4.09. The number of aromatic nitrogens is 4. The van der Waals surface area contributed by atoms with E-state index in [1.807, 2.05) is 12.1 Å². The lowest BCUT2D eigenvalue weighted by Crippen LogP contribution is -2.40. The number of anilines is 4. The molecule has 0 saturated carbocycles. The maximum atomic E-state index is 13.1. The molecule has 2 fully saturated rings. The molecule has 37 heavy (non-hydrogen) atoms. The number of benzene rings is 1. The summed E-state index contributed by atoms with van der Waals surface area (Å²) in [5.74, 6) is 1.62. The van der Waals surface area contributed by atoms with Crippen molar-refractivity contribution in [2.45, 2.75) is 11.3 Å². The first-order valence-corrected chi connectivity index (χ1v) is 13.7. The lowest BCUT2D eigenvalue weighted by molar-refractivity contribution is 0.0730. The summed E-state index contributed by atoms with van der Waals surface area (Å²) in [4.78, 5) is 22.7. The number of hydrogen-bond donors (Lipinski definition) is 1. The molecule has 3 aliphatic rings. The largest absolute Gasteiger partial charge is 0.379 e. The minimum absolute atomic E-state index is 0.205. The van der Waals surface area contributed by atoms with Crippen LogP contribution in [0.25, 0.3) is 11.3 Å². The Kier molecular flexibility index (Phi) is 6.36. The van der Waals surface area contributed by atoms with Gasteiger partial charge in [0.1, 0.15) is 5.82 Å². The van der Waals surface area contributed by atoms with Crippen molar-refractivity contribution >= 4 is 33.4 Å². The van der Waals surface area contributed by atoms with Gasteiger partial charge in [-0.3, -0.25) is 0 Å². The molecule has 13 heteroatoms. The van der Waals surface area contributed by atoms with Crippen molar-refractivity contribution in [2.24, 2.45) is 0 Å². The van der Waals surface area contributed by atoms with Gasteiger partial charge in [-0.1, -0.05) is 0 Å². The SMILES string of the molecule is Nc1ncc(-c2nc(N3CCOCC3)nc3c2CCN3c2ccc(S(=O)(=O)N3CCOCC3)cc2)cn1. The molecule has 194 valence electrons. The first-order valence-electron chi connectivity index (χ1n) is 12.3. The van der Waals surface area contributed by atoms with Gasteiger partial charge in [-0.05, 0) is 30.7 Å². The summed E-state index contributed by atoms with van der Waals surface area (Å²) < 4.78 is 38.4. The van der Waals surface area contributed by atoms with Crippen LogP contribution in [0, 0.1) is 0 Å². The Bertz CT molecular complexity index is 1370. The van der Waals surface area contributed by atoms with Gasteiger partial charge in [-0.25, -0.2) is 23.4 Å². The number of sulfonamides is 1. The predicted octanol–water partition coefficient (Wildman–Crippen LogP) is 1.07. The fourth-order valence-corrected chi connectivity index (χ4v) is 6.24. The Morgan fingerprint density at radius 2 is 1.49 bits per heavy atom. The monoisotopic (exact) mass is 524 g/mol. The summed E-state index contributed by atoms with van der Waals surface area (Å²) >= 11 is 0. The fraction of sp³-hybridized carbons (Fsp3) is 0.417. The van der Waals surface area contributed by atoms with E-state index >= 15 is 0 Å². The molecular weight excluding hydrogens is 496 g/mol. The molecular formula is C24H28N8O4S. The minimum Gasteiger partial charge on any atom is -0.379 e. The molecule has 0 bridgehead atoms.